The van der Waals surface area contributed by atoms with Gasteiger partial charge in [-0.25, -0.2) is 0 Å². The highest BCUT2D eigenvalue weighted by Gasteiger charge is 2.22. The molecular formula is C12H17NO. The van der Waals surface area contributed by atoms with Crippen molar-refractivity contribution in [3.8, 4) is 0 Å². The lowest BCUT2D eigenvalue weighted by molar-refractivity contribution is 0.0964. The van der Waals surface area contributed by atoms with Crippen LogP contribution >= 0.6 is 0 Å². The van der Waals surface area contributed by atoms with Gasteiger partial charge >= 0.3 is 0 Å². The van der Waals surface area contributed by atoms with Crippen molar-refractivity contribution in [1.82, 2.24) is 5.32 Å². The minimum Gasteiger partial charge on any atom is -0.391 e. The Kier molecular flexibility index (Phi) is 3.17. The summed E-state index contributed by atoms with van der Waals surface area (Å²) in [7, 11) is 0. The van der Waals surface area contributed by atoms with Gasteiger partial charge in [-0.1, -0.05) is 30.3 Å². The zero-order valence-corrected chi connectivity index (χ0v) is 8.32. The van der Waals surface area contributed by atoms with Gasteiger partial charge in [0.2, 0.25) is 0 Å². The standard InChI is InChI=1S/C12H17NO/c14-12-7-4-8-13-11(12)9-10-5-2-1-3-6-10/h1-3,5-6,11-14H,4,7-9H2. The third kappa shape index (κ3) is 2.34. The first-order chi connectivity index (χ1) is 6.86. The smallest absolute Gasteiger partial charge is 0.0696 e. The predicted octanol–water partition coefficient (Wildman–Crippen LogP) is 1.34. The van der Waals surface area contributed by atoms with Crippen LogP contribution in [-0.4, -0.2) is 23.8 Å². The molecule has 2 heteroatoms. The molecule has 14 heavy (non-hydrogen) atoms. The van der Waals surface area contributed by atoms with Gasteiger partial charge < -0.3 is 10.4 Å². The molecule has 1 aromatic carbocycles. The van der Waals surface area contributed by atoms with E-state index in [-0.39, 0.29) is 12.1 Å². The van der Waals surface area contributed by atoms with Crippen molar-refractivity contribution in [2.45, 2.75) is 31.4 Å². The molecular weight excluding hydrogens is 174 g/mol. The Morgan fingerprint density at radius 2 is 2.07 bits per heavy atom. The van der Waals surface area contributed by atoms with Gasteiger partial charge in [0.15, 0.2) is 0 Å². The van der Waals surface area contributed by atoms with Gasteiger partial charge in [0.25, 0.3) is 0 Å². The number of benzene rings is 1. The molecule has 2 atom stereocenters. The van der Waals surface area contributed by atoms with E-state index < -0.39 is 0 Å². The quantitative estimate of drug-likeness (QED) is 0.739. The van der Waals surface area contributed by atoms with Crippen LogP contribution in [0.15, 0.2) is 30.3 Å². The summed E-state index contributed by atoms with van der Waals surface area (Å²) in [6.45, 7) is 1.04. The molecule has 1 saturated heterocycles. The summed E-state index contributed by atoms with van der Waals surface area (Å²) in [6, 6.07) is 10.6. The maximum absolute atomic E-state index is 9.77. The summed E-state index contributed by atoms with van der Waals surface area (Å²) < 4.78 is 0. The second kappa shape index (κ2) is 4.58. The van der Waals surface area contributed by atoms with E-state index in [2.05, 4.69) is 17.4 Å². The zero-order valence-electron chi connectivity index (χ0n) is 8.32. The molecule has 1 aliphatic rings. The molecule has 0 radical (unpaired) electrons. The zero-order chi connectivity index (χ0) is 9.80. The molecule has 1 aliphatic heterocycles. The fourth-order valence-corrected chi connectivity index (χ4v) is 2.01. The number of aliphatic hydroxyl groups excluding tert-OH is 1. The number of hydrogen-bond acceptors (Lipinski definition) is 2. The van der Waals surface area contributed by atoms with Gasteiger partial charge in [-0.2, -0.15) is 0 Å². The predicted molar refractivity (Wildman–Crippen MR) is 57.2 cm³/mol. The van der Waals surface area contributed by atoms with E-state index in [1.807, 2.05) is 18.2 Å². The largest absolute Gasteiger partial charge is 0.391 e. The Morgan fingerprint density at radius 3 is 2.79 bits per heavy atom. The van der Waals surface area contributed by atoms with E-state index in [4.69, 9.17) is 0 Å². The highest BCUT2D eigenvalue weighted by atomic mass is 16.3. The summed E-state index contributed by atoms with van der Waals surface area (Å²) in [4.78, 5) is 0. The van der Waals surface area contributed by atoms with Crippen LogP contribution in [0, 0.1) is 0 Å². The van der Waals surface area contributed by atoms with E-state index in [1.54, 1.807) is 0 Å². The minimum atomic E-state index is -0.177. The average molecular weight is 191 g/mol. The highest BCUT2D eigenvalue weighted by molar-refractivity contribution is 5.16. The maximum atomic E-state index is 9.77. The van der Waals surface area contributed by atoms with E-state index in [0.29, 0.717) is 0 Å². The van der Waals surface area contributed by atoms with E-state index in [0.717, 1.165) is 25.8 Å². The number of hydrogen-bond donors (Lipinski definition) is 2. The molecule has 0 aliphatic carbocycles. The van der Waals surface area contributed by atoms with Crippen LogP contribution in [0.5, 0.6) is 0 Å². The van der Waals surface area contributed by atoms with Crippen molar-refractivity contribution < 1.29 is 5.11 Å². The lowest BCUT2D eigenvalue weighted by atomic mass is 9.95. The van der Waals surface area contributed by atoms with Crippen molar-refractivity contribution >= 4 is 0 Å². The molecule has 76 valence electrons. The average Bonchev–Trinajstić information content (AvgIpc) is 2.23. The molecule has 0 saturated carbocycles. The van der Waals surface area contributed by atoms with Gasteiger partial charge in [0, 0.05) is 6.04 Å². The molecule has 1 aromatic rings. The molecule has 1 heterocycles. The molecule has 2 nitrogen and oxygen atoms in total. The van der Waals surface area contributed by atoms with Gasteiger partial charge in [-0.05, 0) is 31.4 Å². The maximum Gasteiger partial charge on any atom is 0.0696 e. The minimum absolute atomic E-state index is 0.177. The molecule has 0 spiro atoms. The number of piperidine rings is 1. The van der Waals surface area contributed by atoms with Crippen LogP contribution in [-0.2, 0) is 6.42 Å². The second-order valence-electron chi connectivity index (χ2n) is 3.96. The van der Waals surface area contributed by atoms with Crippen LogP contribution in [0.25, 0.3) is 0 Å². The third-order valence-corrected chi connectivity index (χ3v) is 2.85. The van der Waals surface area contributed by atoms with Crippen molar-refractivity contribution in [2.24, 2.45) is 0 Å². The molecule has 1 fully saturated rings. The van der Waals surface area contributed by atoms with Crippen molar-refractivity contribution in [3.05, 3.63) is 35.9 Å². The van der Waals surface area contributed by atoms with Crippen LogP contribution in [0.1, 0.15) is 18.4 Å². The molecule has 0 bridgehead atoms. The Bertz CT molecular complexity index is 273. The van der Waals surface area contributed by atoms with E-state index in [1.165, 1.54) is 5.56 Å². The summed E-state index contributed by atoms with van der Waals surface area (Å²) in [5.74, 6) is 0. The summed E-state index contributed by atoms with van der Waals surface area (Å²) >= 11 is 0. The van der Waals surface area contributed by atoms with Crippen LogP contribution in [0.2, 0.25) is 0 Å². The third-order valence-electron chi connectivity index (χ3n) is 2.85. The SMILES string of the molecule is OC1CCCNC1Cc1ccccc1. The molecule has 2 N–H and O–H groups in total. The molecule has 0 aromatic heterocycles. The Balaban J connectivity index is 1.96. The fraction of sp³-hybridized carbons (Fsp3) is 0.500. The normalized spacial score (nSPS) is 27.5. The summed E-state index contributed by atoms with van der Waals surface area (Å²) in [6.07, 6.45) is 2.78. The first-order valence-electron chi connectivity index (χ1n) is 5.31. The highest BCUT2D eigenvalue weighted by Crippen LogP contribution is 2.13. The van der Waals surface area contributed by atoms with Gasteiger partial charge in [0.1, 0.15) is 0 Å². The van der Waals surface area contributed by atoms with Crippen LogP contribution in [0.4, 0.5) is 0 Å². The first-order valence-corrected chi connectivity index (χ1v) is 5.31. The van der Waals surface area contributed by atoms with Gasteiger partial charge in [-0.15, -0.1) is 0 Å². The van der Waals surface area contributed by atoms with Gasteiger partial charge in [-0.3, -0.25) is 0 Å². The Morgan fingerprint density at radius 1 is 1.29 bits per heavy atom. The molecule has 2 rings (SSSR count). The van der Waals surface area contributed by atoms with E-state index in [9.17, 15) is 5.11 Å². The Labute approximate surface area is 85.0 Å². The number of nitrogens with one attached hydrogen (secondary N) is 1. The monoisotopic (exact) mass is 191 g/mol. The number of aliphatic hydroxyl groups is 1. The first kappa shape index (κ1) is 9.69. The van der Waals surface area contributed by atoms with Crippen molar-refractivity contribution in [3.63, 3.8) is 0 Å². The Hall–Kier alpha value is -0.860. The van der Waals surface area contributed by atoms with Gasteiger partial charge in [0.05, 0.1) is 6.10 Å². The second-order valence-corrected chi connectivity index (χ2v) is 3.96. The lowest BCUT2D eigenvalue weighted by Gasteiger charge is -2.29. The summed E-state index contributed by atoms with van der Waals surface area (Å²) in [5.41, 5.74) is 1.30. The van der Waals surface area contributed by atoms with Crippen molar-refractivity contribution in [2.75, 3.05) is 6.54 Å². The van der Waals surface area contributed by atoms with Crippen LogP contribution < -0.4 is 5.32 Å². The molecule has 0 amide bonds. The lowest BCUT2D eigenvalue weighted by Crippen LogP contribution is -2.46. The number of rotatable bonds is 2. The summed E-state index contributed by atoms with van der Waals surface area (Å²) in [5, 5.41) is 13.1. The van der Waals surface area contributed by atoms with E-state index >= 15 is 0 Å². The van der Waals surface area contributed by atoms with Crippen LogP contribution in [0.3, 0.4) is 0 Å². The van der Waals surface area contributed by atoms with Crippen molar-refractivity contribution in [1.29, 1.82) is 0 Å². The molecule has 2 unspecified atom stereocenters. The fourth-order valence-electron chi connectivity index (χ4n) is 2.01. The topological polar surface area (TPSA) is 32.3 Å².